The van der Waals surface area contributed by atoms with Gasteiger partial charge in [0.1, 0.15) is 11.9 Å². The fourth-order valence-electron chi connectivity index (χ4n) is 4.36. The number of carbonyl (C=O) groups excluding carboxylic acids is 2. The number of nitrogens with zero attached hydrogens (tertiary/aromatic N) is 1. The molecule has 3 aromatic carbocycles. The molecule has 0 bridgehead atoms. The second-order valence-corrected chi connectivity index (χ2v) is 10.9. The van der Waals surface area contributed by atoms with Crippen molar-refractivity contribution in [3.05, 3.63) is 83.7 Å². The Bertz CT molecular complexity index is 1410. The summed E-state index contributed by atoms with van der Waals surface area (Å²) in [5.74, 6) is -0.655. The van der Waals surface area contributed by atoms with Gasteiger partial charge in [0, 0.05) is 12.5 Å². The number of cyclic esters (lactones) is 1. The van der Waals surface area contributed by atoms with Gasteiger partial charge in [0.15, 0.2) is 0 Å². The number of anilines is 1. The number of nitrogens with two attached hydrogens (primary N) is 1. The van der Waals surface area contributed by atoms with E-state index in [1.165, 1.54) is 30.0 Å². The third-order valence-electron chi connectivity index (χ3n) is 6.41. The second-order valence-electron chi connectivity index (χ2n) is 9.31. The number of amides is 2. The summed E-state index contributed by atoms with van der Waals surface area (Å²) < 4.78 is 42.9. The van der Waals surface area contributed by atoms with Gasteiger partial charge in [-0.3, -0.25) is 9.69 Å². The predicted molar refractivity (Wildman–Crippen MR) is 143 cm³/mol. The molecule has 1 saturated heterocycles. The molecule has 3 N–H and O–H groups in total. The summed E-state index contributed by atoms with van der Waals surface area (Å²) in [4.78, 5) is 24.8. The number of hydrogen-bond donors (Lipinski definition) is 2. The first-order valence-electron chi connectivity index (χ1n) is 12.3. The van der Waals surface area contributed by atoms with Gasteiger partial charge in [-0.25, -0.2) is 22.7 Å². The highest BCUT2D eigenvalue weighted by Gasteiger charge is 2.32. The summed E-state index contributed by atoms with van der Waals surface area (Å²) in [5, 5.41) is 7.75. The van der Waals surface area contributed by atoms with E-state index in [4.69, 9.17) is 9.88 Å². The number of rotatable bonds is 10. The van der Waals surface area contributed by atoms with Crippen molar-refractivity contribution in [3.8, 4) is 11.1 Å². The van der Waals surface area contributed by atoms with Crippen molar-refractivity contribution in [2.75, 3.05) is 18.0 Å². The molecule has 1 heterocycles. The minimum Gasteiger partial charge on any atom is -0.442 e. The van der Waals surface area contributed by atoms with Gasteiger partial charge in [-0.1, -0.05) is 36.4 Å². The van der Waals surface area contributed by atoms with E-state index < -0.39 is 28.0 Å². The van der Waals surface area contributed by atoms with E-state index in [0.29, 0.717) is 11.3 Å². The highest BCUT2D eigenvalue weighted by molar-refractivity contribution is 7.89. The Kier molecular flexibility index (Phi) is 8.43. The van der Waals surface area contributed by atoms with Crippen LogP contribution in [0.1, 0.15) is 30.9 Å². The molecule has 10 heteroatoms. The molecule has 1 aliphatic rings. The molecular formula is C28H30FN3O5S. The summed E-state index contributed by atoms with van der Waals surface area (Å²) in [6, 6.07) is 19.0. The first kappa shape index (κ1) is 27.3. The van der Waals surface area contributed by atoms with Crippen molar-refractivity contribution >= 4 is 27.7 Å². The summed E-state index contributed by atoms with van der Waals surface area (Å²) in [6.07, 6.45) is 2.53. The molecule has 0 aromatic heterocycles. The topological polar surface area (TPSA) is 119 Å². The number of carbonyl (C=O) groups is 2. The van der Waals surface area contributed by atoms with E-state index in [1.54, 1.807) is 24.3 Å². The van der Waals surface area contributed by atoms with Crippen LogP contribution in [0.15, 0.2) is 71.6 Å². The van der Waals surface area contributed by atoms with Gasteiger partial charge in [0.05, 0.1) is 23.7 Å². The molecule has 1 fully saturated rings. The minimum absolute atomic E-state index is 0.110. The van der Waals surface area contributed by atoms with Crippen LogP contribution in [-0.4, -0.2) is 39.6 Å². The smallest absolute Gasteiger partial charge is 0.414 e. The maximum absolute atomic E-state index is 15.0. The van der Waals surface area contributed by atoms with Gasteiger partial charge in [-0.15, -0.1) is 0 Å². The zero-order chi connectivity index (χ0) is 27.3. The van der Waals surface area contributed by atoms with E-state index in [2.05, 4.69) is 5.32 Å². The highest BCUT2D eigenvalue weighted by atomic mass is 32.2. The first-order valence-corrected chi connectivity index (χ1v) is 13.9. The van der Waals surface area contributed by atoms with Crippen LogP contribution >= 0.6 is 0 Å². The van der Waals surface area contributed by atoms with E-state index in [0.717, 1.165) is 42.4 Å². The van der Waals surface area contributed by atoms with Crippen molar-refractivity contribution in [1.29, 1.82) is 0 Å². The number of sulfonamides is 1. The normalized spacial score (nSPS) is 15.4. The van der Waals surface area contributed by atoms with Gasteiger partial charge in [-0.2, -0.15) is 0 Å². The standard InChI is InChI=1S/C28H30FN3O5S/c1-19(33)31-17-24-18-32(28(34)37-24)23-12-15-26(27(29)16-23)22-10-6-20(7-11-22)4-2-3-5-21-8-13-25(14-9-21)38(30,35)36/h6-16,24H,2-5,17-18H2,1H3,(H,31,33)(H2,30,35,36)/t24-/m0/s1. The van der Waals surface area contributed by atoms with Gasteiger partial charge >= 0.3 is 6.09 Å². The molecule has 0 aliphatic carbocycles. The van der Waals surface area contributed by atoms with E-state index in [-0.39, 0.29) is 23.9 Å². The molecule has 3 aromatic rings. The highest BCUT2D eigenvalue weighted by Crippen LogP contribution is 2.29. The molecule has 8 nitrogen and oxygen atoms in total. The molecule has 0 unspecified atom stereocenters. The van der Waals surface area contributed by atoms with Gasteiger partial charge < -0.3 is 10.1 Å². The fourth-order valence-corrected chi connectivity index (χ4v) is 4.87. The Morgan fingerprint density at radius 2 is 1.63 bits per heavy atom. The molecule has 200 valence electrons. The molecule has 0 radical (unpaired) electrons. The number of ether oxygens (including phenoxy) is 1. The number of primary sulfonamides is 1. The average Bonchev–Trinajstić information content (AvgIpc) is 3.26. The van der Waals surface area contributed by atoms with E-state index in [9.17, 15) is 22.4 Å². The number of aryl methyl sites for hydroxylation is 2. The van der Waals surface area contributed by atoms with Crippen LogP contribution in [-0.2, 0) is 32.4 Å². The fraction of sp³-hybridized carbons (Fsp3) is 0.286. The number of nitrogens with one attached hydrogen (secondary N) is 1. The molecule has 38 heavy (non-hydrogen) atoms. The number of halogens is 1. The van der Waals surface area contributed by atoms with Crippen LogP contribution in [0.4, 0.5) is 14.9 Å². The quantitative estimate of drug-likeness (QED) is 0.375. The zero-order valence-electron chi connectivity index (χ0n) is 21.0. The molecule has 0 spiro atoms. The lowest BCUT2D eigenvalue weighted by Gasteiger charge is -2.15. The Morgan fingerprint density at radius 3 is 2.18 bits per heavy atom. The lowest BCUT2D eigenvalue weighted by molar-refractivity contribution is -0.119. The molecule has 4 rings (SSSR count). The molecule has 0 saturated carbocycles. The van der Waals surface area contributed by atoms with Crippen LogP contribution in [0.25, 0.3) is 11.1 Å². The maximum Gasteiger partial charge on any atom is 0.414 e. The number of unbranched alkanes of at least 4 members (excludes halogenated alkanes) is 1. The van der Waals surface area contributed by atoms with Crippen molar-refractivity contribution in [2.45, 2.75) is 43.6 Å². The molecular weight excluding hydrogens is 509 g/mol. The Labute approximate surface area is 221 Å². The Balaban J connectivity index is 1.30. The molecule has 2 amide bonds. The van der Waals surface area contributed by atoms with Crippen LogP contribution in [0.5, 0.6) is 0 Å². The van der Waals surface area contributed by atoms with Crippen molar-refractivity contribution in [3.63, 3.8) is 0 Å². The Hall–Kier alpha value is -3.76. The third kappa shape index (κ3) is 6.96. The summed E-state index contributed by atoms with van der Waals surface area (Å²) >= 11 is 0. The first-order chi connectivity index (χ1) is 18.1. The van der Waals surface area contributed by atoms with Crippen molar-refractivity contribution in [1.82, 2.24) is 5.32 Å². The van der Waals surface area contributed by atoms with Crippen LogP contribution in [0.3, 0.4) is 0 Å². The number of hydrogen-bond acceptors (Lipinski definition) is 5. The second kappa shape index (κ2) is 11.7. The van der Waals surface area contributed by atoms with Gasteiger partial charge in [0.2, 0.25) is 15.9 Å². The summed E-state index contributed by atoms with van der Waals surface area (Å²) in [6.45, 7) is 1.82. The number of benzene rings is 3. The van der Waals surface area contributed by atoms with E-state index in [1.807, 2.05) is 24.3 Å². The zero-order valence-corrected chi connectivity index (χ0v) is 21.8. The minimum atomic E-state index is -3.68. The molecule has 1 aliphatic heterocycles. The largest absolute Gasteiger partial charge is 0.442 e. The van der Waals surface area contributed by atoms with Crippen LogP contribution in [0.2, 0.25) is 0 Å². The van der Waals surface area contributed by atoms with Gasteiger partial charge in [0.25, 0.3) is 0 Å². The van der Waals surface area contributed by atoms with Crippen molar-refractivity contribution < 1.29 is 27.1 Å². The van der Waals surface area contributed by atoms with Crippen molar-refractivity contribution in [2.24, 2.45) is 5.14 Å². The SMILES string of the molecule is CC(=O)NC[C@H]1CN(c2ccc(-c3ccc(CCCCc4ccc(S(N)(=O)=O)cc4)cc3)c(F)c2)C(=O)O1. The van der Waals surface area contributed by atoms with E-state index >= 15 is 0 Å². The lowest BCUT2D eigenvalue weighted by Crippen LogP contribution is -2.33. The van der Waals surface area contributed by atoms with Gasteiger partial charge in [-0.05, 0) is 72.7 Å². The third-order valence-corrected chi connectivity index (χ3v) is 7.34. The predicted octanol–water partition coefficient (Wildman–Crippen LogP) is 4.17. The van der Waals surface area contributed by atoms with Crippen LogP contribution < -0.4 is 15.4 Å². The lowest BCUT2D eigenvalue weighted by atomic mass is 10.00. The maximum atomic E-state index is 15.0. The van der Waals surface area contributed by atoms with Crippen LogP contribution in [0, 0.1) is 5.82 Å². The summed E-state index contributed by atoms with van der Waals surface area (Å²) in [7, 11) is -3.68. The molecule has 1 atom stereocenters. The Morgan fingerprint density at radius 1 is 1.03 bits per heavy atom. The monoisotopic (exact) mass is 539 g/mol. The summed E-state index contributed by atoms with van der Waals surface area (Å²) in [5.41, 5.74) is 3.76. The average molecular weight is 540 g/mol.